The van der Waals surface area contributed by atoms with Crippen molar-refractivity contribution in [1.29, 1.82) is 0 Å². The molecule has 1 aliphatic rings. The van der Waals surface area contributed by atoms with Gasteiger partial charge in [-0.1, -0.05) is 35.1 Å². The minimum absolute atomic E-state index is 0.0435. The first-order valence-electron chi connectivity index (χ1n) is 7.38. The van der Waals surface area contributed by atoms with Gasteiger partial charge >= 0.3 is 5.97 Å². The zero-order valence-electron chi connectivity index (χ0n) is 13.2. The van der Waals surface area contributed by atoms with Crippen molar-refractivity contribution in [1.82, 2.24) is 4.98 Å². The zero-order valence-corrected chi connectivity index (χ0v) is 14.7. The van der Waals surface area contributed by atoms with Crippen molar-refractivity contribution in [2.24, 2.45) is 0 Å². The molecule has 0 saturated carbocycles. The number of methoxy groups -OCH3 is 1. The van der Waals surface area contributed by atoms with Gasteiger partial charge in [-0.05, 0) is 24.6 Å². The molecule has 1 fully saturated rings. The van der Waals surface area contributed by atoms with Crippen LogP contribution in [0.15, 0.2) is 24.3 Å². The number of morpholine rings is 1. The summed E-state index contributed by atoms with van der Waals surface area (Å²) in [5.74, 6) is -0.783. The fraction of sp³-hybridized carbons (Fsp3) is 0.375. The fourth-order valence-corrected chi connectivity index (χ4v) is 3.83. The Kier molecular flexibility index (Phi) is 5.03. The second-order valence-corrected chi connectivity index (χ2v) is 6.84. The molecule has 3 rings (SSSR count). The van der Waals surface area contributed by atoms with Crippen LogP contribution in [-0.4, -0.2) is 37.3 Å². The Morgan fingerprint density at radius 1 is 1.42 bits per heavy atom. The SMILES string of the molecule is COC(=O)c1sc(N2CC(C)OC(c3ccc(F)cc3)C2)nc1Cl. The summed E-state index contributed by atoms with van der Waals surface area (Å²) in [6, 6.07) is 6.26. The Labute approximate surface area is 148 Å². The van der Waals surface area contributed by atoms with Gasteiger partial charge in [0, 0.05) is 6.54 Å². The molecule has 2 atom stereocenters. The third kappa shape index (κ3) is 3.53. The van der Waals surface area contributed by atoms with Crippen LogP contribution in [-0.2, 0) is 9.47 Å². The number of hydrogen-bond acceptors (Lipinski definition) is 6. The molecule has 0 amide bonds. The van der Waals surface area contributed by atoms with Gasteiger partial charge in [-0.15, -0.1) is 0 Å². The molecule has 2 aromatic rings. The van der Waals surface area contributed by atoms with E-state index in [1.54, 1.807) is 12.1 Å². The van der Waals surface area contributed by atoms with Crippen molar-refractivity contribution in [2.75, 3.05) is 25.1 Å². The molecule has 2 unspecified atom stereocenters. The van der Waals surface area contributed by atoms with E-state index in [1.165, 1.54) is 30.6 Å². The number of aromatic nitrogens is 1. The summed E-state index contributed by atoms with van der Waals surface area (Å²) in [6.07, 6.45) is -0.253. The van der Waals surface area contributed by atoms with Crippen LogP contribution in [0.1, 0.15) is 28.3 Å². The summed E-state index contributed by atoms with van der Waals surface area (Å²) in [7, 11) is 1.30. The van der Waals surface area contributed by atoms with Crippen LogP contribution in [0.4, 0.5) is 9.52 Å². The maximum atomic E-state index is 13.1. The molecule has 8 heteroatoms. The summed E-state index contributed by atoms with van der Waals surface area (Å²) in [5, 5.41) is 0.780. The van der Waals surface area contributed by atoms with Crippen molar-refractivity contribution >= 4 is 34.0 Å². The largest absolute Gasteiger partial charge is 0.465 e. The summed E-state index contributed by atoms with van der Waals surface area (Å²) in [4.78, 5) is 18.3. The minimum atomic E-state index is -0.500. The first kappa shape index (κ1) is 17.1. The minimum Gasteiger partial charge on any atom is -0.465 e. The Balaban J connectivity index is 1.83. The maximum absolute atomic E-state index is 13.1. The Hall–Kier alpha value is -1.70. The molecule has 1 aliphatic heterocycles. The van der Waals surface area contributed by atoms with Gasteiger partial charge in [-0.25, -0.2) is 14.2 Å². The molecule has 1 saturated heterocycles. The van der Waals surface area contributed by atoms with Crippen molar-refractivity contribution < 1.29 is 18.7 Å². The van der Waals surface area contributed by atoms with E-state index in [9.17, 15) is 9.18 Å². The van der Waals surface area contributed by atoms with Crippen molar-refractivity contribution in [2.45, 2.75) is 19.1 Å². The van der Waals surface area contributed by atoms with E-state index in [1.807, 2.05) is 11.8 Å². The lowest BCUT2D eigenvalue weighted by Gasteiger charge is -2.36. The number of thiazole rings is 1. The third-order valence-electron chi connectivity index (χ3n) is 3.72. The van der Waals surface area contributed by atoms with E-state index in [0.717, 1.165) is 5.56 Å². The number of halogens is 2. The summed E-state index contributed by atoms with van der Waals surface area (Å²) >= 11 is 7.24. The topological polar surface area (TPSA) is 51.7 Å². The zero-order chi connectivity index (χ0) is 17.3. The van der Waals surface area contributed by atoms with Crippen molar-refractivity contribution in [3.63, 3.8) is 0 Å². The number of hydrogen-bond donors (Lipinski definition) is 0. The highest BCUT2D eigenvalue weighted by atomic mass is 35.5. The highest BCUT2D eigenvalue weighted by molar-refractivity contribution is 7.18. The highest BCUT2D eigenvalue weighted by Gasteiger charge is 2.30. The molecule has 0 radical (unpaired) electrons. The molecule has 0 N–H and O–H groups in total. The third-order valence-corrected chi connectivity index (χ3v) is 5.20. The van der Waals surface area contributed by atoms with E-state index < -0.39 is 5.97 Å². The van der Waals surface area contributed by atoms with Crippen LogP contribution >= 0.6 is 22.9 Å². The lowest BCUT2D eigenvalue weighted by atomic mass is 10.1. The maximum Gasteiger partial charge on any atom is 0.351 e. The van der Waals surface area contributed by atoms with Gasteiger partial charge in [0.2, 0.25) is 0 Å². The van der Waals surface area contributed by atoms with Crippen LogP contribution in [0, 0.1) is 5.82 Å². The molecule has 1 aromatic carbocycles. The van der Waals surface area contributed by atoms with Crippen molar-refractivity contribution in [3.8, 4) is 0 Å². The summed E-state index contributed by atoms with van der Waals surface area (Å²) in [6.45, 7) is 3.13. The average molecular weight is 371 g/mol. The van der Waals surface area contributed by atoms with Gasteiger partial charge in [0.1, 0.15) is 11.9 Å². The standard InChI is InChI=1S/C16H16ClFN2O3S/c1-9-7-20(16-19-14(17)13(24-16)15(21)22-2)8-12(23-9)10-3-5-11(18)6-4-10/h3-6,9,12H,7-8H2,1-2H3. The number of esters is 1. The van der Waals surface area contributed by atoms with Gasteiger partial charge in [-0.2, -0.15) is 0 Å². The van der Waals surface area contributed by atoms with E-state index in [-0.39, 0.29) is 28.1 Å². The molecule has 0 bridgehead atoms. The molecular formula is C16H16ClFN2O3S. The average Bonchev–Trinajstić information content (AvgIpc) is 2.96. The number of anilines is 1. The quantitative estimate of drug-likeness (QED) is 0.771. The first-order valence-corrected chi connectivity index (χ1v) is 8.58. The van der Waals surface area contributed by atoms with Gasteiger partial charge in [0.15, 0.2) is 15.2 Å². The number of benzene rings is 1. The van der Waals surface area contributed by atoms with Gasteiger partial charge < -0.3 is 14.4 Å². The van der Waals surface area contributed by atoms with Gasteiger partial charge in [0.05, 0.1) is 19.8 Å². The smallest absolute Gasteiger partial charge is 0.351 e. The molecule has 0 aliphatic carbocycles. The van der Waals surface area contributed by atoms with Crippen LogP contribution in [0.5, 0.6) is 0 Å². The van der Waals surface area contributed by atoms with Gasteiger partial charge in [0.25, 0.3) is 0 Å². The predicted molar refractivity (Wildman–Crippen MR) is 90.4 cm³/mol. The Bertz CT molecular complexity index is 737. The molecule has 24 heavy (non-hydrogen) atoms. The number of carbonyl (C=O) groups excluding carboxylic acids is 1. The predicted octanol–water partition coefficient (Wildman–Crippen LogP) is 3.69. The number of carbonyl (C=O) groups is 1. The number of rotatable bonds is 3. The van der Waals surface area contributed by atoms with E-state index in [2.05, 4.69) is 4.98 Å². The normalized spacial score (nSPS) is 20.9. The van der Waals surface area contributed by atoms with Crippen LogP contribution < -0.4 is 4.90 Å². The Morgan fingerprint density at radius 2 is 2.12 bits per heavy atom. The molecule has 5 nitrogen and oxygen atoms in total. The fourth-order valence-electron chi connectivity index (χ4n) is 2.61. The molecule has 0 spiro atoms. The summed E-state index contributed by atoms with van der Waals surface area (Å²) < 4.78 is 23.8. The summed E-state index contributed by atoms with van der Waals surface area (Å²) in [5.41, 5.74) is 0.892. The lowest BCUT2D eigenvalue weighted by molar-refractivity contribution is -0.0174. The highest BCUT2D eigenvalue weighted by Crippen LogP contribution is 2.34. The second-order valence-electron chi connectivity index (χ2n) is 5.50. The molecule has 2 heterocycles. The monoisotopic (exact) mass is 370 g/mol. The second kappa shape index (κ2) is 7.04. The van der Waals surface area contributed by atoms with E-state index >= 15 is 0 Å². The first-order chi connectivity index (χ1) is 11.5. The van der Waals surface area contributed by atoms with Crippen LogP contribution in [0.25, 0.3) is 0 Å². The van der Waals surface area contributed by atoms with Gasteiger partial charge in [-0.3, -0.25) is 0 Å². The van der Waals surface area contributed by atoms with E-state index in [0.29, 0.717) is 18.2 Å². The van der Waals surface area contributed by atoms with Crippen molar-refractivity contribution in [3.05, 3.63) is 45.7 Å². The van der Waals surface area contributed by atoms with Crippen LogP contribution in [0.2, 0.25) is 5.15 Å². The van der Waals surface area contributed by atoms with Crippen LogP contribution in [0.3, 0.4) is 0 Å². The molecular weight excluding hydrogens is 355 g/mol. The Morgan fingerprint density at radius 3 is 2.79 bits per heavy atom. The number of nitrogens with zero attached hydrogens (tertiary/aromatic N) is 2. The lowest BCUT2D eigenvalue weighted by Crippen LogP contribution is -2.42. The van der Waals surface area contributed by atoms with E-state index in [4.69, 9.17) is 21.1 Å². The number of ether oxygens (including phenoxy) is 2. The molecule has 1 aromatic heterocycles. The molecule has 128 valence electrons.